The van der Waals surface area contributed by atoms with Crippen LogP contribution in [-0.4, -0.2) is 66.5 Å². The quantitative estimate of drug-likeness (QED) is 0.612. The lowest BCUT2D eigenvalue weighted by Crippen LogP contribution is -2.54. The van der Waals surface area contributed by atoms with E-state index in [0.717, 1.165) is 68.1 Å². The molecular formula is C26H30N6O. The van der Waals surface area contributed by atoms with Gasteiger partial charge in [0.05, 0.1) is 30.0 Å². The van der Waals surface area contributed by atoms with Crippen LogP contribution < -0.4 is 9.80 Å². The minimum atomic E-state index is 0.121. The Kier molecular flexibility index (Phi) is 6.12. The Morgan fingerprint density at radius 2 is 2.00 bits per heavy atom. The van der Waals surface area contributed by atoms with Crippen LogP contribution in [0.3, 0.4) is 0 Å². The average molecular weight is 443 g/mol. The van der Waals surface area contributed by atoms with Crippen LogP contribution in [0.15, 0.2) is 48.8 Å². The number of fused-ring (bicyclic) bond motifs is 1. The van der Waals surface area contributed by atoms with Crippen LogP contribution in [0.1, 0.15) is 24.6 Å². The van der Waals surface area contributed by atoms with Crippen molar-refractivity contribution in [2.75, 3.05) is 49.2 Å². The lowest BCUT2D eigenvalue weighted by atomic mass is 10.1. The highest BCUT2D eigenvalue weighted by molar-refractivity contribution is 5.95. The third-order valence-corrected chi connectivity index (χ3v) is 6.51. The van der Waals surface area contributed by atoms with Gasteiger partial charge in [-0.15, -0.1) is 0 Å². The molecule has 2 saturated heterocycles. The molecule has 170 valence electrons. The fraction of sp³-hybridized carbons (Fsp3) is 0.423. The van der Waals surface area contributed by atoms with E-state index < -0.39 is 0 Å². The van der Waals surface area contributed by atoms with Crippen LogP contribution in [0, 0.1) is 18.3 Å². The van der Waals surface area contributed by atoms with Crippen molar-refractivity contribution >= 4 is 22.3 Å². The summed E-state index contributed by atoms with van der Waals surface area (Å²) in [7, 11) is 0. The zero-order chi connectivity index (χ0) is 22.8. The molecule has 0 aliphatic carbocycles. The summed E-state index contributed by atoms with van der Waals surface area (Å²) in [6.45, 7) is 9.79. The molecule has 2 aliphatic heterocycles. The van der Waals surface area contributed by atoms with Crippen molar-refractivity contribution in [1.82, 2.24) is 14.9 Å². The molecule has 7 nitrogen and oxygen atoms in total. The molecule has 0 unspecified atom stereocenters. The van der Waals surface area contributed by atoms with Crippen molar-refractivity contribution in [3.8, 4) is 6.07 Å². The number of rotatable bonds is 4. The summed E-state index contributed by atoms with van der Waals surface area (Å²) in [4.78, 5) is 16.2. The van der Waals surface area contributed by atoms with Crippen LogP contribution >= 0.6 is 0 Å². The number of benzene rings is 1. The van der Waals surface area contributed by atoms with E-state index in [-0.39, 0.29) is 12.2 Å². The van der Waals surface area contributed by atoms with Crippen molar-refractivity contribution in [3.05, 3.63) is 60.0 Å². The first-order valence-electron chi connectivity index (χ1n) is 11.7. The standard InChI is InChI=1S/C26H30N6O/c1-19-13-22(8-10-28-19)31-12-4-11-30(18-31)16-23-17-32(15-20(2)33-23)25-7-6-21(14-27)26-24(25)5-3-9-29-26/h3,5-10,13,20,23H,4,11-12,15-18H2,1-2H3/t20-,23+/m1/s1. The van der Waals surface area contributed by atoms with Crippen molar-refractivity contribution in [2.45, 2.75) is 32.5 Å². The van der Waals surface area contributed by atoms with Crippen molar-refractivity contribution in [2.24, 2.45) is 0 Å². The second kappa shape index (κ2) is 9.34. The Morgan fingerprint density at radius 1 is 1.09 bits per heavy atom. The molecule has 0 amide bonds. The van der Waals surface area contributed by atoms with E-state index in [1.807, 2.05) is 25.3 Å². The summed E-state index contributed by atoms with van der Waals surface area (Å²) in [5.41, 5.74) is 4.81. The maximum Gasteiger partial charge on any atom is 0.101 e. The molecule has 33 heavy (non-hydrogen) atoms. The molecule has 0 saturated carbocycles. The number of nitrogens with zero attached hydrogens (tertiary/aromatic N) is 6. The molecule has 2 aromatic heterocycles. The van der Waals surface area contributed by atoms with Crippen molar-refractivity contribution in [1.29, 1.82) is 5.26 Å². The summed E-state index contributed by atoms with van der Waals surface area (Å²) in [5, 5.41) is 10.5. The summed E-state index contributed by atoms with van der Waals surface area (Å²) in [6, 6.07) is 14.5. The first-order valence-corrected chi connectivity index (χ1v) is 11.7. The van der Waals surface area contributed by atoms with E-state index in [0.29, 0.717) is 5.56 Å². The van der Waals surface area contributed by atoms with Gasteiger partial charge in [0.15, 0.2) is 0 Å². The van der Waals surface area contributed by atoms with Crippen LogP contribution in [0.4, 0.5) is 11.4 Å². The number of hydrogen-bond donors (Lipinski definition) is 0. The minimum Gasteiger partial charge on any atom is -0.370 e. The second-order valence-corrected chi connectivity index (χ2v) is 9.11. The van der Waals surface area contributed by atoms with Crippen LogP contribution in [-0.2, 0) is 4.74 Å². The smallest absolute Gasteiger partial charge is 0.101 e. The number of hydrogen-bond acceptors (Lipinski definition) is 7. The van der Waals surface area contributed by atoms with E-state index >= 15 is 0 Å². The number of pyridine rings is 2. The van der Waals surface area contributed by atoms with Gasteiger partial charge in [-0.2, -0.15) is 5.26 Å². The van der Waals surface area contributed by atoms with Crippen LogP contribution in [0.5, 0.6) is 0 Å². The average Bonchev–Trinajstić information content (AvgIpc) is 2.83. The molecular weight excluding hydrogens is 412 g/mol. The number of aromatic nitrogens is 2. The van der Waals surface area contributed by atoms with E-state index in [1.54, 1.807) is 6.20 Å². The normalized spacial score (nSPS) is 21.8. The van der Waals surface area contributed by atoms with Gasteiger partial charge in [-0.1, -0.05) is 0 Å². The molecule has 5 rings (SSSR count). The Labute approximate surface area is 195 Å². The van der Waals surface area contributed by atoms with Gasteiger partial charge < -0.3 is 14.5 Å². The minimum absolute atomic E-state index is 0.121. The maximum atomic E-state index is 9.49. The third-order valence-electron chi connectivity index (χ3n) is 6.51. The van der Waals surface area contributed by atoms with Gasteiger partial charge in [0.1, 0.15) is 6.07 Å². The van der Waals surface area contributed by atoms with Gasteiger partial charge >= 0.3 is 0 Å². The van der Waals surface area contributed by atoms with Crippen molar-refractivity contribution < 1.29 is 4.74 Å². The first-order chi connectivity index (χ1) is 16.1. The highest BCUT2D eigenvalue weighted by Gasteiger charge is 2.29. The van der Waals surface area contributed by atoms with Gasteiger partial charge in [-0.25, -0.2) is 0 Å². The Bertz CT molecular complexity index is 1170. The van der Waals surface area contributed by atoms with Gasteiger partial charge in [-0.3, -0.25) is 14.9 Å². The molecule has 2 aliphatic rings. The topological polar surface area (TPSA) is 68.5 Å². The summed E-state index contributed by atoms with van der Waals surface area (Å²) >= 11 is 0. The van der Waals surface area contributed by atoms with Gasteiger partial charge in [0.2, 0.25) is 0 Å². The Balaban J connectivity index is 1.32. The van der Waals surface area contributed by atoms with Gasteiger partial charge in [0.25, 0.3) is 0 Å². The predicted octanol–water partition coefficient (Wildman–Crippen LogP) is 3.57. The summed E-state index contributed by atoms with van der Waals surface area (Å²) in [6.07, 6.45) is 5.04. The summed E-state index contributed by atoms with van der Waals surface area (Å²) in [5.74, 6) is 0. The Morgan fingerprint density at radius 3 is 2.85 bits per heavy atom. The van der Waals surface area contributed by atoms with Gasteiger partial charge in [0, 0.05) is 67.6 Å². The highest BCUT2D eigenvalue weighted by atomic mass is 16.5. The fourth-order valence-corrected chi connectivity index (χ4v) is 5.11. The molecule has 2 atom stereocenters. The van der Waals surface area contributed by atoms with E-state index in [9.17, 15) is 5.26 Å². The molecule has 1 aromatic carbocycles. The van der Waals surface area contributed by atoms with Crippen LogP contribution in [0.2, 0.25) is 0 Å². The van der Waals surface area contributed by atoms with E-state index in [4.69, 9.17) is 4.74 Å². The number of ether oxygens (including phenoxy) is 1. The number of anilines is 2. The number of aryl methyl sites for hydroxylation is 1. The van der Waals surface area contributed by atoms with Gasteiger partial charge in [-0.05, 0) is 56.7 Å². The van der Waals surface area contributed by atoms with E-state index in [1.165, 1.54) is 5.69 Å². The zero-order valence-electron chi connectivity index (χ0n) is 19.3. The Hall–Kier alpha value is -3.21. The molecule has 2 fully saturated rings. The predicted molar refractivity (Wildman–Crippen MR) is 130 cm³/mol. The van der Waals surface area contributed by atoms with E-state index in [2.05, 4.69) is 61.9 Å². The largest absolute Gasteiger partial charge is 0.370 e. The van der Waals surface area contributed by atoms with Crippen molar-refractivity contribution in [3.63, 3.8) is 0 Å². The highest BCUT2D eigenvalue weighted by Crippen LogP contribution is 2.30. The SMILES string of the molecule is Cc1cc(N2CCCN(C[C@H]3CN(c4ccc(C#N)c5ncccc45)C[C@@H](C)O3)C2)ccn1. The lowest BCUT2D eigenvalue weighted by Gasteiger charge is -2.43. The lowest BCUT2D eigenvalue weighted by molar-refractivity contribution is -0.0336. The molecule has 3 aromatic rings. The molecule has 0 radical (unpaired) electrons. The maximum absolute atomic E-state index is 9.49. The molecule has 0 spiro atoms. The number of morpholine rings is 1. The zero-order valence-corrected chi connectivity index (χ0v) is 19.3. The first kappa shape index (κ1) is 21.6. The monoisotopic (exact) mass is 442 g/mol. The third kappa shape index (κ3) is 4.63. The summed E-state index contributed by atoms with van der Waals surface area (Å²) < 4.78 is 6.38. The molecule has 4 heterocycles. The molecule has 7 heteroatoms. The molecule has 0 N–H and O–H groups in total. The molecule has 0 bridgehead atoms. The van der Waals surface area contributed by atoms with Crippen LogP contribution in [0.25, 0.3) is 10.9 Å². The number of nitriles is 1. The second-order valence-electron chi connectivity index (χ2n) is 9.11. The fourth-order valence-electron chi connectivity index (χ4n) is 5.11.